The van der Waals surface area contributed by atoms with Gasteiger partial charge in [0.25, 0.3) is 0 Å². The summed E-state index contributed by atoms with van der Waals surface area (Å²) < 4.78 is 5.79. The predicted octanol–water partition coefficient (Wildman–Crippen LogP) is 4.98. The van der Waals surface area contributed by atoms with E-state index < -0.39 is 0 Å². The van der Waals surface area contributed by atoms with E-state index in [1.165, 1.54) is 43.2 Å². The van der Waals surface area contributed by atoms with Crippen molar-refractivity contribution in [3.8, 4) is 5.75 Å². The second-order valence-electron chi connectivity index (χ2n) is 7.50. The monoisotopic (exact) mass is 398 g/mol. The standard InChI is InChI=1S/C18H23IO2/c1-18-9-8-14-13-5-3-12(20)10-11(13)2-4-15(14)16(18)6-7-17(18)21-19/h3,5,10,14-17,20H,2,4,6-9H2,1H3/t14?,15-,16?,17+,18+/m1/s1. The van der Waals surface area contributed by atoms with Crippen molar-refractivity contribution < 1.29 is 8.17 Å². The highest BCUT2D eigenvalue weighted by atomic mass is 127. The molecule has 0 amide bonds. The van der Waals surface area contributed by atoms with Crippen LogP contribution in [-0.2, 0) is 9.49 Å². The minimum absolute atomic E-state index is 0.386. The Morgan fingerprint density at radius 2 is 2.10 bits per heavy atom. The zero-order chi connectivity index (χ0) is 14.6. The molecule has 1 N–H and O–H groups in total. The molecule has 1 aromatic rings. The Morgan fingerprint density at radius 1 is 1.24 bits per heavy atom. The van der Waals surface area contributed by atoms with Crippen LogP contribution in [0, 0.1) is 17.3 Å². The molecular weight excluding hydrogens is 375 g/mol. The van der Waals surface area contributed by atoms with Gasteiger partial charge in [0.15, 0.2) is 0 Å². The molecule has 0 radical (unpaired) electrons. The second-order valence-corrected chi connectivity index (χ2v) is 8.01. The molecule has 2 unspecified atom stereocenters. The number of benzene rings is 1. The van der Waals surface area contributed by atoms with Crippen molar-refractivity contribution in [1.29, 1.82) is 0 Å². The van der Waals surface area contributed by atoms with Crippen LogP contribution in [0.1, 0.15) is 56.1 Å². The lowest BCUT2D eigenvalue weighted by molar-refractivity contribution is 0.00537. The fourth-order valence-corrected chi connectivity index (χ4v) is 6.50. The summed E-state index contributed by atoms with van der Waals surface area (Å²) in [7, 11) is 0. The maximum atomic E-state index is 9.72. The van der Waals surface area contributed by atoms with E-state index in [1.807, 2.05) is 12.1 Å². The smallest absolute Gasteiger partial charge is 0.115 e. The minimum Gasteiger partial charge on any atom is -0.508 e. The zero-order valence-electron chi connectivity index (χ0n) is 12.5. The summed E-state index contributed by atoms with van der Waals surface area (Å²) in [6.45, 7) is 2.47. The molecule has 0 saturated heterocycles. The summed E-state index contributed by atoms with van der Waals surface area (Å²) in [6.07, 6.45) is 8.00. The molecule has 5 atom stereocenters. The van der Waals surface area contributed by atoms with Crippen LogP contribution in [0.2, 0.25) is 0 Å². The van der Waals surface area contributed by atoms with Crippen LogP contribution in [0.25, 0.3) is 0 Å². The Hall–Kier alpha value is -0.290. The maximum Gasteiger partial charge on any atom is 0.115 e. The lowest BCUT2D eigenvalue weighted by Crippen LogP contribution is -2.44. The maximum absolute atomic E-state index is 9.72. The number of fused-ring (bicyclic) bond motifs is 5. The number of aromatic hydroxyl groups is 1. The van der Waals surface area contributed by atoms with Crippen molar-refractivity contribution in [3.63, 3.8) is 0 Å². The van der Waals surface area contributed by atoms with E-state index in [-0.39, 0.29) is 0 Å². The average molecular weight is 398 g/mol. The van der Waals surface area contributed by atoms with Crippen LogP contribution in [0.3, 0.4) is 0 Å². The van der Waals surface area contributed by atoms with E-state index in [0.29, 0.717) is 23.2 Å². The molecule has 0 aliphatic heterocycles. The summed E-state index contributed by atoms with van der Waals surface area (Å²) in [6, 6.07) is 6.05. The van der Waals surface area contributed by atoms with Crippen LogP contribution in [0.5, 0.6) is 5.75 Å². The fourth-order valence-electron chi connectivity index (χ4n) is 5.67. The molecule has 3 heteroatoms. The predicted molar refractivity (Wildman–Crippen MR) is 91.6 cm³/mol. The van der Waals surface area contributed by atoms with Crippen molar-refractivity contribution >= 4 is 23.0 Å². The molecule has 21 heavy (non-hydrogen) atoms. The molecule has 114 valence electrons. The van der Waals surface area contributed by atoms with Gasteiger partial charge < -0.3 is 8.17 Å². The highest BCUT2D eigenvalue weighted by Gasteiger charge is 2.55. The van der Waals surface area contributed by atoms with Crippen molar-refractivity contribution in [2.45, 2.75) is 57.5 Å². The van der Waals surface area contributed by atoms with Crippen LogP contribution < -0.4 is 0 Å². The summed E-state index contributed by atoms with van der Waals surface area (Å²) >= 11 is 2.11. The molecule has 0 bridgehead atoms. The van der Waals surface area contributed by atoms with Crippen molar-refractivity contribution in [2.75, 3.05) is 0 Å². The highest BCUT2D eigenvalue weighted by molar-refractivity contribution is 14.1. The number of phenols is 1. The Kier molecular flexibility index (Phi) is 3.49. The molecule has 0 heterocycles. The molecule has 3 aliphatic carbocycles. The van der Waals surface area contributed by atoms with Crippen LogP contribution >= 0.6 is 23.0 Å². The average Bonchev–Trinajstić information content (AvgIpc) is 2.83. The highest BCUT2D eigenvalue weighted by Crippen LogP contribution is 2.61. The summed E-state index contributed by atoms with van der Waals surface area (Å²) in [5.74, 6) is 2.77. The van der Waals surface area contributed by atoms with E-state index in [2.05, 4.69) is 36.0 Å². The van der Waals surface area contributed by atoms with Gasteiger partial charge in [0, 0.05) is 0 Å². The largest absolute Gasteiger partial charge is 0.508 e. The lowest BCUT2D eigenvalue weighted by atomic mass is 9.55. The molecular formula is C18H23IO2. The van der Waals surface area contributed by atoms with E-state index in [0.717, 1.165) is 18.3 Å². The summed E-state index contributed by atoms with van der Waals surface area (Å²) in [5, 5.41) is 9.72. The third-order valence-corrected chi connectivity index (χ3v) is 7.34. The molecule has 2 nitrogen and oxygen atoms in total. The third kappa shape index (κ3) is 2.07. The number of phenolic OH excluding ortho intramolecular Hbond substituents is 1. The zero-order valence-corrected chi connectivity index (χ0v) is 14.7. The van der Waals surface area contributed by atoms with Gasteiger partial charge in [-0.15, -0.1) is 0 Å². The van der Waals surface area contributed by atoms with Gasteiger partial charge in [-0.1, -0.05) is 13.0 Å². The first-order chi connectivity index (χ1) is 10.1. The van der Waals surface area contributed by atoms with Gasteiger partial charge in [-0.2, -0.15) is 0 Å². The number of hydrogen-bond donors (Lipinski definition) is 1. The minimum atomic E-state index is 0.386. The third-order valence-electron chi connectivity index (χ3n) is 6.73. The quantitative estimate of drug-likeness (QED) is 0.676. The first kappa shape index (κ1) is 14.3. The first-order valence-corrected chi connectivity index (χ1v) is 9.11. The van der Waals surface area contributed by atoms with E-state index >= 15 is 0 Å². The summed E-state index contributed by atoms with van der Waals surface area (Å²) in [5.41, 5.74) is 3.29. The molecule has 2 saturated carbocycles. The van der Waals surface area contributed by atoms with E-state index in [1.54, 1.807) is 0 Å². The summed E-state index contributed by atoms with van der Waals surface area (Å²) in [4.78, 5) is 0. The van der Waals surface area contributed by atoms with Gasteiger partial charge >= 0.3 is 0 Å². The SMILES string of the molecule is C[C@]12CCC3c4ccc(O)cc4CC[C@H]3C1CC[C@@H]2OI. The van der Waals surface area contributed by atoms with Gasteiger partial charge in [-0.25, -0.2) is 0 Å². The van der Waals surface area contributed by atoms with Crippen LogP contribution in [0.15, 0.2) is 18.2 Å². The molecule has 4 rings (SSSR count). The Morgan fingerprint density at radius 3 is 2.90 bits per heavy atom. The van der Waals surface area contributed by atoms with Crippen molar-refractivity contribution in [1.82, 2.24) is 0 Å². The van der Waals surface area contributed by atoms with Gasteiger partial charge in [0.1, 0.15) is 28.8 Å². The molecule has 1 aromatic carbocycles. The van der Waals surface area contributed by atoms with Gasteiger partial charge in [0.2, 0.25) is 0 Å². The number of halogens is 1. The topological polar surface area (TPSA) is 29.5 Å². The normalized spacial score (nSPS) is 41.2. The van der Waals surface area contributed by atoms with Crippen LogP contribution in [-0.4, -0.2) is 11.2 Å². The van der Waals surface area contributed by atoms with Gasteiger partial charge in [0.05, 0.1) is 6.10 Å². The second kappa shape index (κ2) is 5.12. The van der Waals surface area contributed by atoms with Crippen molar-refractivity contribution in [2.24, 2.45) is 17.3 Å². The van der Waals surface area contributed by atoms with E-state index in [9.17, 15) is 5.11 Å². The molecule has 2 fully saturated rings. The number of rotatable bonds is 1. The fraction of sp³-hybridized carbons (Fsp3) is 0.667. The van der Waals surface area contributed by atoms with Crippen molar-refractivity contribution in [3.05, 3.63) is 29.3 Å². The lowest BCUT2D eigenvalue weighted by Gasteiger charge is -2.50. The molecule has 0 aromatic heterocycles. The number of aryl methyl sites for hydroxylation is 1. The van der Waals surface area contributed by atoms with Gasteiger partial charge in [-0.3, -0.25) is 0 Å². The Labute approximate surface area is 141 Å². The van der Waals surface area contributed by atoms with E-state index in [4.69, 9.17) is 3.07 Å². The molecule has 3 aliphatic rings. The Balaban J connectivity index is 1.68. The first-order valence-electron chi connectivity index (χ1n) is 8.22. The Bertz CT molecular complexity index is 558. The van der Waals surface area contributed by atoms with Crippen LogP contribution in [0.4, 0.5) is 0 Å². The number of hydrogen-bond acceptors (Lipinski definition) is 2. The molecule has 0 spiro atoms. The van der Waals surface area contributed by atoms with Gasteiger partial charge in [-0.05, 0) is 85.0 Å².